The molecule has 1 unspecified atom stereocenters. The monoisotopic (exact) mass is 221 g/mol. The number of hydrogen-bond donors (Lipinski definition) is 0. The van der Waals surface area contributed by atoms with Gasteiger partial charge in [0.2, 0.25) is 0 Å². The van der Waals surface area contributed by atoms with Crippen molar-refractivity contribution in [3.63, 3.8) is 0 Å². The van der Waals surface area contributed by atoms with Gasteiger partial charge < -0.3 is 0 Å². The van der Waals surface area contributed by atoms with E-state index in [0.717, 1.165) is 24.3 Å². The zero-order chi connectivity index (χ0) is 11.7. The van der Waals surface area contributed by atoms with Gasteiger partial charge in [0.25, 0.3) is 0 Å². The van der Waals surface area contributed by atoms with Crippen LogP contribution < -0.4 is 0 Å². The standard InChI is InChI=1S/C12H19N3O/c1-8(2)9(3)15-12(6-10-4-5-10)11(7-16)13-14-15/h7-10H,4-6H2,1-3H3. The van der Waals surface area contributed by atoms with Gasteiger partial charge in [-0.1, -0.05) is 19.1 Å². The molecule has 16 heavy (non-hydrogen) atoms. The van der Waals surface area contributed by atoms with Crippen LogP contribution in [-0.4, -0.2) is 21.3 Å². The minimum absolute atomic E-state index is 0.301. The maximum Gasteiger partial charge on any atom is 0.172 e. The Hall–Kier alpha value is -1.19. The third-order valence-electron chi connectivity index (χ3n) is 3.46. The van der Waals surface area contributed by atoms with Crippen molar-refractivity contribution in [3.05, 3.63) is 11.4 Å². The van der Waals surface area contributed by atoms with Crippen LogP contribution >= 0.6 is 0 Å². The van der Waals surface area contributed by atoms with Gasteiger partial charge in [-0.05, 0) is 38.0 Å². The van der Waals surface area contributed by atoms with Gasteiger partial charge in [0, 0.05) is 0 Å². The lowest BCUT2D eigenvalue weighted by Gasteiger charge is -2.18. The van der Waals surface area contributed by atoms with Crippen LogP contribution in [0.3, 0.4) is 0 Å². The van der Waals surface area contributed by atoms with Gasteiger partial charge in [0.1, 0.15) is 5.69 Å². The summed E-state index contributed by atoms with van der Waals surface area (Å²) < 4.78 is 1.94. The average Bonchev–Trinajstić information content (AvgIpc) is 2.97. The molecule has 1 aliphatic carbocycles. The summed E-state index contributed by atoms with van der Waals surface area (Å²) in [5.41, 5.74) is 1.55. The number of aromatic nitrogens is 3. The summed E-state index contributed by atoms with van der Waals surface area (Å²) in [6, 6.07) is 0.301. The predicted molar refractivity (Wildman–Crippen MR) is 61.4 cm³/mol. The van der Waals surface area contributed by atoms with Gasteiger partial charge >= 0.3 is 0 Å². The SMILES string of the molecule is CC(C)C(C)n1nnc(C=O)c1CC1CC1. The summed E-state index contributed by atoms with van der Waals surface area (Å²) >= 11 is 0. The molecular weight excluding hydrogens is 202 g/mol. The molecule has 0 spiro atoms. The molecule has 88 valence electrons. The van der Waals surface area contributed by atoms with Crippen LogP contribution in [0.4, 0.5) is 0 Å². The van der Waals surface area contributed by atoms with E-state index in [1.165, 1.54) is 12.8 Å². The Balaban J connectivity index is 2.28. The largest absolute Gasteiger partial charge is 0.296 e. The molecule has 0 saturated heterocycles. The summed E-state index contributed by atoms with van der Waals surface area (Å²) in [7, 11) is 0. The van der Waals surface area contributed by atoms with Crippen LogP contribution in [0.5, 0.6) is 0 Å². The molecule has 0 radical (unpaired) electrons. The zero-order valence-corrected chi connectivity index (χ0v) is 10.2. The van der Waals surface area contributed by atoms with Gasteiger partial charge in [0.05, 0.1) is 11.7 Å². The Morgan fingerprint density at radius 3 is 2.62 bits per heavy atom. The molecule has 0 aliphatic heterocycles. The van der Waals surface area contributed by atoms with Gasteiger partial charge in [-0.25, -0.2) is 4.68 Å². The van der Waals surface area contributed by atoms with Crippen molar-refractivity contribution in [2.45, 2.75) is 46.1 Å². The fourth-order valence-corrected chi connectivity index (χ4v) is 1.82. The van der Waals surface area contributed by atoms with Crippen LogP contribution in [0.15, 0.2) is 0 Å². The normalized spacial score (nSPS) is 17.8. The summed E-state index contributed by atoms with van der Waals surface area (Å²) in [4.78, 5) is 10.9. The van der Waals surface area contributed by atoms with Crippen molar-refractivity contribution in [2.75, 3.05) is 0 Å². The maximum absolute atomic E-state index is 10.9. The van der Waals surface area contributed by atoms with E-state index in [1.54, 1.807) is 0 Å². The van der Waals surface area contributed by atoms with Crippen molar-refractivity contribution in [1.82, 2.24) is 15.0 Å². The molecule has 4 nitrogen and oxygen atoms in total. The van der Waals surface area contributed by atoms with Crippen molar-refractivity contribution in [1.29, 1.82) is 0 Å². The van der Waals surface area contributed by atoms with E-state index in [4.69, 9.17) is 0 Å². The lowest BCUT2D eigenvalue weighted by molar-refractivity contribution is 0.111. The fraction of sp³-hybridized carbons (Fsp3) is 0.750. The summed E-state index contributed by atoms with van der Waals surface area (Å²) in [5, 5.41) is 8.09. The van der Waals surface area contributed by atoms with Gasteiger partial charge in [0.15, 0.2) is 6.29 Å². The van der Waals surface area contributed by atoms with Crippen molar-refractivity contribution < 1.29 is 4.79 Å². The highest BCUT2D eigenvalue weighted by atomic mass is 16.1. The minimum atomic E-state index is 0.301. The highest BCUT2D eigenvalue weighted by molar-refractivity contribution is 5.73. The number of carbonyl (C=O) groups is 1. The van der Waals surface area contributed by atoms with Crippen LogP contribution in [0.25, 0.3) is 0 Å². The summed E-state index contributed by atoms with van der Waals surface area (Å²) in [5.74, 6) is 1.24. The Kier molecular flexibility index (Phi) is 3.08. The first-order valence-electron chi connectivity index (χ1n) is 6.02. The van der Waals surface area contributed by atoms with Gasteiger partial charge in [-0.3, -0.25) is 4.79 Å². The van der Waals surface area contributed by atoms with E-state index in [2.05, 4.69) is 31.1 Å². The molecule has 1 saturated carbocycles. The second kappa shape index (κ2) is 4.36. The van der Waals surface area contributed by atoms with Crippen molar-refractivity contribution in [2.24, 2.45) is 11.8 Å². The molecule has 1 aromatic heterocycles. The second-order valence-corrected chi connectivity index (χ2v) is 5.12. The van der Waals surface area contributed by atoms with Crippen LogP contribution in [0.1, 0.15) is 55.8 Å². The third kappa shape index (κ3) is 2.15. The van der Waals surface area contributed by atoms with Crippen molar-refractivity contribution >= 4 is 6.29 Å². The summed E-state index contributed by atoms with van der Waals surface area (Å²) in [6.45, 7) is 6.45. The Morgan fingerprint density at radius 2 is 2.12 bits per heavy atom. The Labute approximate surface area is 96.0 Å². The van der Waals surface area contributed by atoms with E-state index in [0.29, 0.717) is 17.7 Å². The fourth-order valence-electron chi connectivity index (χ4n) is 1.82. The smallest absolute Gasteiger partial charge is 0.172 e. The number of carbonyl (C=O) groups excluding carboxylic acids is 1. The third-order valence-corrected chi connectivity index (χ3v) is 3.46. The van der Waals surface area contributed by atoms with Gasteiger partial charge in [-0.2, -0.15) is 0 Å². The quantitative estimate of drug-likeness (QED) is 0.716. The lowest BCUT2D eigenvalue weighted by atomic mass is 10.1. The van der Waals surface area contributed by atoms with E-state index in [-0.39, 0.29) is 0 Å². The molecule has 1 fully saturated rings. The first-order chi connectivity index (χ1) is 7.63. The van der Waals surface area contributed by atoms with Crippen LogP contribution in [0.2, 0.25) is 0 Å². The number of hydrogen-bond acceptors (Lipinski definition) is 3. The molecule has 4 heteroatoms. The molecule has 1 aliphatic rings. The lowest BCUT2D eigenvalue weighted by Crippen LogP contribution is -2.16. The van der Waals surface area contributed by atoms with Crippen molar-refractivity contribution in [3.8, 4) is 0 Å². The van der Waals surface area contributed by atoms with Crippen LogP contribution in [0, 0.1) is 11.8 Å². The minimum Gasteiger partial charge on any atom is -0.296 e. The summed E-state index contributed by atoms with van der Waals surface area (Å²) in [6.07, 6.45) is 4.34. The first-order valence-corrected chi connectivity index (χ1v) is 6.02. The molecule has 0 aromatic carbocycles. The molecule has 1 atom stereocenters. The Morgan fingerprint density at radius 1 is 1.44 bits per heavy atom. The topological polar surface area (TPSA) is 47.8 Å². The van der Waals surface area contributed by atoms with E-state index >= 15 is 0 Å². The first kappa shape index (κ1) is 11.3. The molecule has 0 amide bonds. The number of nitrogens with zero attached hydrogens (tertiary/aromatic N) is 3. The number of aldehydes is 1. The number of rotatable bonds is 5. The molecule has 1 heterocycles. The Bertz CT molecular complexity index is 380. The molecule has 0 bridgehead atoms. The molecule has 0 N–H and O–H groups in total. The molecule has 1 aromatic rings. The molecular formula is C12H19N3O. The van der Waals surface area contributed by atoms with E-state index < -0.39 is 0 Å². The average molecular weight is 221 g/mol. The van der Waals surface area contributed by atoms with E-state index in [9.17, 15) is 4.79 Å². The second-order valence-electron chi connectivity index (χ2n) is 5.12. The van der Waals surface area contributed by atoms with E-state index in [1.807, 2.05) is 4.68 Å². The zero-order valence-electron chi connectivity index (χ0n) is 10.2. The maximum atomic E-state index is 10.9. The predicted octanol–water partition coefficient (Wildman–Crippen LogP) is 2.26. The molecule has 2 rings (SSSR count). The highest BCUT2D eigenvalue weighted by Gasteiger charge is 2.27. The van der Waals surface area contributed by atoms with Crippen LogP contribution in [-0.2, 0) is 6.42 Å². The highest BCUT2D eigenvalue weighted by Crippen LogP contribution is 2.34. The van der Waals surface area contributed by atoms with Gasteiger partial charge in [-0.15, -0.1) is 5.10 Å².